The molecule has 1 atom stereocenters. The lowest BCUT2D eigenvalue weighted by atomic mass is 10.5. The van der Waals surface area contributed by atoms with E-state index in [0.29, 0.717) is 5.82 Å². The normalized spacial score (nSPS) is 12.5. The summed E-state index contributed by atoms with van der Waals surface area (Å²) in [4.78, 5) is 4.97. The highest BCUT2D eigenvalue weighted by atomic mass is 32.2. The van der Waals surface area contributed by atoms with Crippen molar-refractivity contribution in [1.82, 2.24) is 4.98 Å². The molecule has 0 bridgehead atoms. The van der Waals surface area contributed by atoms with E-state index in [1.54, 1.807) is 12.3 Å². The molecule has 0 aliphatic carbocycles. The molecule has 0 aliphatic heterocycles. The lowest BCUT2D eigenvalue weighted by molar-refractivity contribution is 1.18. The Morgan fingerprint density at radius 1 is 1.67 bits per heavy atom. The van der Waals surface area contributed by atoms with Gasteiger partial charge < -0.3 is 5.43 Å². The molecule has 1 rings (SSSR count). The maximum absolute atomic E-state index is 7.63. The standard InChI is InChI=1S/C7H12N4S/c1-2-12(9)6-3-4-7(11-8)10-5-6/h3-5,9H,2,8H2,1H3,(H,10,11). The van der Waals surface area contributed by atoms with Crippen LogP contribution in [-0.2, 0) is 10.7 Å². The van der Waals surface area contributed by atoms with Gasteiger partial charge in [0.05, 0.1) is 0 Å². The molecular formula is C7H12N4S. The van der Waals surface area contributed by atoms with Crippen molar-refractivity contribution < 1.29 is 0 Å². The minimum absolute atomic E-state index is 0.432. The molecule has 4 N–H and O–H groups in total. The van der Waals surface area contributed by atoms with E-state index < -0.39 is 10.7 Å². The van der Waals surface area contributed by atoms with Crippen molar-refractivity contribution in [3.63, 3.8) is 0 Å². The SMILES string of the molecule is CCS(=N)c1ccc(NN)nc1. The molecule has 0 saturated carbocycles. The van der Waals surface area contributed by atoms with Gasteiger partial charge >= 0.3 is 0 Å². The van der Waals surface area contributed by atoms with E-state index in [4.69, 9.17) is 10.6 Å². The number of anilines is 1. The molecule has 4 nitrogen and oxygen atoms in total. The largest absolute Gasteiger partial charge is 0.308 e. The Labute approximate surface area is 74.1 Å². The van der Waals surface area contributed by atoms with Gasteiger partial charge in [-0.3, -0.25) is 4.78 Å². The van der Waals surface area contributed by atoms with Gasteiger partial charge in [0.25, 0.3) is 0 Å². The van der Waals surface area contributed by atoms with Crippen LogP contribution in [0, 0.1) is 4.78 Å². The predicted octanol–water partition coefficient (Wildman–Crippen LogP) is 1.13. The van der Waals surface area contributed by atoms with Crippen LogP contribution in [0.2, 0.25) is 0 Å². The van der Waals surface area contributed by atoms with Crippen LogP contribution >= 0.6 is 0 Å². The number of pyridine rings is 1. The molecule has 0 aromatic carbocycles. The quantitative estimate of drug-likeness (QED) is 0.487. The number of hydrogen-bond donors (Lipinski definition) is 3. The van der Waals surface area contributed by atoms with Crippen LogP contribution in [0.3, 0.4) is 0 Å². The maximum atomic E-state index is 7.63. The van der Waals surface area contributed by atoms with E-state index >= 15 is 0 Å². The fourth-order valence-electron chi connectivity index (χ4n) is 0.778. The van der Waals surface area contributed by atoms with Crippen molar-refractivity contribution in [3.8, 4) is 0 Å². The van der Waals surface area contributed by atoms with Crippen LogP contribution in [0.5, 0.6) is 0 Å². The topological polar surface area (TPSA) is 74.8 Å². The average molecular weight is 184 g/mol. The molecule has 1 aromatic rings. The molecule has 0 radical (unpaired) electrons. The molecular weight excluding hydrogens is 172 g/mol. The predicted molar refractivity (Wildman–Crippen MR) is 50.9 cm³/mol. The Morgan fingerprint density at radius 2 is 2.42 bits per heavy atom. The summed E-state index contributed by atoms with van der Waals surface area (Å²) >= 11 is 0. The van der Waals surface area contributed by atoms with Crippen LogP contribution < -0.4 is 11.3 Å². The molecule has 66 valence electrons. The summed E-state index contributed by atoms with van der Waals surface area (Å²) in [7, 11) is -0.432. The maximum Gasteiger partial charge on any atom is 0.139 e. The smallest absolute Gasteiger partial charge is 0.139 e. The minimum Gasteiger partial charge on any atom is -0.308 e. The fourth-order valence-corrected chi connectivity index (χ4v) is 1.52. The summed E-state index contributed by atoms with van der Waals surface area (Å²) in [5.41, 5.74) is 2.44. The zero-order chi connectivity index (χ0) is 8.97. The van der Waals surface area contributed by atoms with Gasteiger partial charge in [0, 0.05) is 16.8 Å². The Hall–Kier alpha value is -0.940. The summed E-state index contributed by atoms with van der Waals surface area (Å²) in [6.45, 7) is 1.99. The number of nitrogen functional groups attached to an aromatic ring is 1. The molecule has 1 heterocycles. The molecule has 0 saturated heterocycles. The van der Waals surface area contributed by atoms with Gasteiger partial charge in [0.2, 0.25) is 0 Å². The van der Waals surface area contributed by atoms with E-state index in [9.17, 15) is 0 Å². The van der Waals surface area contributed by atoms with Crippen molar-refractivity contribution in [2.24, 2.45) is 5.84 Å². The van der Waals surface area contributed by atoms with Crippen molar-refractivity contribution in [1.29, 1.82) is 4.78 Å². The number of nitrogens with one attached hydrogen (secondary N) is 2. The third kappa shape index (κ3) is 2.02. The lowest BCUT2D eigenvalue weighted by Gasteiger charge is -2.02. The molecule has 12 heavy (non-hydrogen) atoms. The van der Waals surface area contributed by atoms with E-state index in [1.165, 1.54) is 0 Å². The average Bonchev–Trinajstić information content (AvgIpc) is 2.17. The summed E-state index contributed by atoms with van der Waals surface area (Å²) in [5.74, 6) is 6.61. The second-order valence-corrected chi connectivity index (χ2v) is 4.03. The second kappa shape index (κ2) is 4.18. The number of aromatic nitrogens is 1. The monoisotopic (exact) mass is 184 g/mol. The van der Waals surface area contributed by atoms with E-state index in [0.717, 1.165) is 10.6 Å². The van der Waals surface area contributed by atoms with Crippen LogP contribution in [0.4, 0.5) is 5.82 Å². The van der Waals surface area contributed by atoms with Gasteiger partial charge in [-0.05, 0) is 12.1 Å². The first-order chi connectivity index (χ1) is 5.77. The highest BCUT2D eigenvalue weighted by Crippen LogP contribution is 2.08. The summed E-state index contributed by atoms with van der Waals surface area (Å²) in [5, 5.41) is 0. The van der Waals surface area contributed by atoms with Gasteiger partial charge in [-0.25, -0.2) is 10.8 Å². The minimum atomic E-state index is -0.432. The fraction of sp³-hybridized carbons (Fsp3) is 0.286. The first-order valence-corrected chi connectivity index (χ1v) is 5.02. The highest BCUT2D eigenvalue weighted by molar-refractivity contribution is 7.86. The van der Waals surface area contributed by atoms with Gasteiger partial charge in [-0.15, -0.1) is 0 Å². The van der Waals surface area contributed by atoms with Crippen molar-refractivity contribution in [2.45, 2.75) is 11.8 Å². The molecule has 0 amide bonds. The van der Waals surface area contributed by atoms with Crippen LogP contribution in [0.25, 0.3) is 0 Å². The first-order valence-electron chi connectivity index (χ1n) is 3.62. The highest BCUT2D eigenvalue weighted by Gasteiger charge is 1.96. The molecule has 0 fully saturated rings. The zero-order valence-corrected chi connectivity index (χ0v) is 7.69. The van der Waals surface area contributed by atoms with E-state index in [-0.39, 0.29) is 0 Å². The van der Waals surface area contributed by atoms with E-state index in [2.05, 4.69) is 10.4 Å². The zero-order valence-electron chi connectivity index (χ0n) is 6.87. The summed E-state index contributed by atoms with van der Waals surface area (Å²) in [6.07, 6.45) is 1.69. The van der Waals surface area contributed by atoms with Crippen LogP contribution in [0.15, 0.2) is 23.2 Å². The third-order valence-electron chi connectivity index (χ3n) is 1.46. The number of hydrogen-bond acceptors (Lipinski definition) is 4. The Bertz CT molecular complexity index is 269. The number of nitrogens with zero attached hydrogens (tertiary/aromatic N) is 1. The summed E-state index contributed by atoms with van der Waals surface area (Å²) in [6, 6.07) is 3.65. The van der Waals surface area contributed by atoms with Gasteiger partial charge in [0.1, 0.15) is 5.82 Å². The molecule has 0 aliphatic rings. The Morgan fingerprint density at radius 3 is 2.83 bits per heavy atom. The summed E-state index contributed by atoms with van der Waals surface area (Å²) < 4.78 is 7.63. The lowest BCUT2D eigenvalue weighted by Crippen LogP contribution is -2.08. The molecule has 0 spiro atoms. The third-order valence-corrected chi connectivity index (χ3v) is 2.85. The van der Waals surface area contributed by atoms with Gasteiger partial charge in [-0.2, -0.15) is 0 Å². The molecule has 1 unspecified atom stereocenters. The van der Waals surface area contributed by atoms with Crippen molar-refractivity contribution >= 4 is 16.5 Å². The van der Waals surface area contributed by atoms with Gasteiger partial charge in [-0.1, -0.05) is 17.6 Å². The number of hydrazine groups is 1. The number of rotatable bonds is 3. The molecule has 5 heteroatoms. The van der Waals surface area contributed by atoms with Gasteiger partial charge in [0.15, 0.2) is 0 Å². The molecule has 1 aromatic heterocycles. The number of nitrogens with two attached hydrogens (primary N) is 1. The van der Waals surface area contributed by atoms with Crippen LogP contribution in [0.1, 0.15) is 6.92 Å². The first kappa shape index (κ1) is 9.15. The van der Waals surface area contributed by atoms with Crippen molar-refractivity contribution in [2.75, 3.05) is 11.2 Å². The Kier molecular flexibility index (Phi) is 3.19. The van der Waals surface area contributed by atoms with Crippen LogP contribution in [-0.4, -0.2) is 10.7 Å². The second-order valence-electron chi connectivity index (χ2n) is 2.20. The van der Waals surface area contributed by atoms with Crippen molar-refractivity contribution in [3.05, 3.63) is 18.3 Å². The van der Waals surface area contributed by atoms with E-state index in [1.807, 2.05) is 13.0 Å². The Balaban J connectivity index is 2.84.